The second kappa shape index (κ2) is 7.80. The zero-order chi connectivity index (χ0) is 17.8. The number of hydrogen-bond donors (Lipinski definition) is 1. The van der Waals surface area contributed by atoms with Crippen LogP contribution in [0.4, 0.5) is 5.13 Å². The first-order valence-corrected chi connectivity index (χ1v) is 8.91. The summed E-state index contributed by atoms with van der Waals surface area (Å²) in [6.07, 6.45) is 3.11. The molecule has 2 N–H and O–H groups in total. The van der Waals surface area contributed by atoms with E-state index < -0.39 is 0 Å². The maximum absolute atomic E-state index is 12.2. The Labute approximate surface area is 159 Å². The normalized spacial score (nSPS) is 11.0. The second-order valence-corrected chi connectivity index (χ2v) is 6.77. The van der Waals surface area contributed by atoms with Crippen LogP contribution in [0, 0.1) is 0 Å². The molecule has 126 valence electrons. The molecule has 1 amide bonds. The second-order valence-electron chi connectivity index (χ2n) is 5.09. The number of anilines is 1. The van der Waals surface area contributed by atoms with Gasteiger partial charge in [-0.3, -0.25) is 4.79 Å². The van der Waals surface area contributed by atoms with Crippen LogP contribution in [-0.2, 0) is 4.79 Å². The largest absolute Gasteiger partial charge is 0.268 e. The van der Waals surface area contributed by atoms with Crippen molar-refractivity contribution in [3.8, 4) is 11.3 Å². The molecule has 0 fully saturated rings. The Morgan fingerprint density at radius 2 is 1.92 bits per heavy atom. The van der Waals surface area contributed by atoms with Gasteiger partial charge >= 0.3 is 0 Å². The molecule has 0 spiro atoms. The summed E-state index contributed by atoms with van der Waals surface area (Å²) < 4.78 is 0. The lowest BCUT2D eigenvalue weighted by atomic mass is 10.2. The van der Waals surface area contributed by atoms with Crippen LogP contribution in [0.2, 0.25) is 10.0 Å². The third kappa shape index (κ3) is 4.27. The Hall–Kier alpha value is -2.18. The van der Waals surface area contributed by atoms with Crippen molar-refractivity contribution in [1.29, 1.82) is 0 Å². The Bertz CT molecular complexity index is 925. The van der Waals surface area contributed by atoms with Gasteiger partial charge in [-0.25, -0.2) is 15.8 Å². The molecular weight excluding hydrogens is 377 g/mol. The van der Waals surface area contributed by atoms with Gasteiger partial charge in [0.05, 0.1) is 10.7 Å². The third-order valence-electron chi connectivity index (χ3n) is 3.36. The Kier molecular flexibility index (Phi) is 5.50. The SMILES string of the molecule is NN(C(=O)C=Cc1ccccc1)c1nc(-c2ccc(Cl)cc2Cl)cs1. The van der Waals surface area contributed by atoms with E-state index in [1.54, 1.807) is 29.7 Å². The number of hydrogen-bond acceptors (Lipinski definition) is 4. The summed E-state index contributed by atoms with van der Waals surface area (Å²) in [6, 6.07) is 14.7. The zero-order valence-corrected chi connectivity index (χ0v) is 15.2. The lowest BCUT2D eigenvalue weighted by Gasteiger charge is -2.10. The van der Waals surface area contributed by atoms with E-state index in [1.165, 1.54) is 17.4 Å². The molecule has 2 aromatic carbocycles. The van der Waals surface area contributed by atoms with Crippen LogP contribution in [0.25, 0.3) is 17.3 Å². The topological polar surface area (TPSA) is 59.2 Å². The summed E-state index contributed by atoms with van der Waals surface area (Å²) in [5.74, 6) is 5.51. The van der Waals surface area contributed by atoms with Gasteiger partial charge in [-0.15, -0.1) is 11.3 Å². The van der Waals surface area contributed by atoms with Gasteiger partial charge in [-0.2, -0.15) is 0 Å². The minimum absolute atomic E-state index is 0.369. The lowest BCUT2D eigenvalue weighted by Crippen LogP contribution is -2.36. The minimum Gasteiger partial charge on any atom is -0.268 e. The smallest absolute Gasteiger partial charge is 0.267 e. The molecule has 0 aliphatic rings. The van der Waals surface area contributed by atoms with Crippen LogP contribution in [0.5, 0.6) is 0 Å². The average Bonchev–Trinajstić information content (AvgIpc) is 3.09. The summed E-state index contributed by atoms with van der Waals surface area (Å²) in [4.78, 5) is 16.6. The summed E-state index contributed by atoms with van der Waals surface area (Å²) in [7, 11) is 0. The number of carbonyl (C=O) groups excluding carboxylic acids is 1. The molecule has 0 bridgehead atoms. The quantitative estimate of drug-likeness (QED) is 0.294. The van der Waals surface area contributed by atoms with Gasteiger partial charge in [0.2, 0.25) is 5.13 Å². The van der Waals surface area contributed by atoms with Crippen LogP contribution in [0.1, 0.15) is 5.56 Å². The number of nitrogens with zero attached hydrogens (tertiary/aromatic N) is 2. The molecule has 4 nitrogen and oxygen atoms in total. The summed E-state index contributed by atoms with van der Waals surface area (Å²) in [6.45, 7) is 0. The van der Waals surface area contributed by atoms with Gasteiger partial charge in [0, 0.05) is 22.0 Å². The first kappa shape index (κ1) is 17.6. The lowest BCUT2D eigenvalue weighted by molar-refractivity contribution is -0.114. The number of aromatic nitrogens is 1. The fraction of sp³-hybridized carbons (Fsp3) is 0. The highest BCUT2D eigenvalue weighted by atomic mass is 35.5. The number of halogens is 2. The zero-order valence-electron chi connectivity index (χ0n) is 12.9. The number of nitrogens with two attached hydrogens (primary N) is 1. The van der Waals surface area contributed by atoms with Crippen molar-refractivity contribution in [3.05, 3.63) is 75.6 Å². The molecule has 0 radical (unpaired) electrons. The van der Waals surface area contributed by atoms with Gasteiger partial charge in [-0.1, -0.05) is 53.5 Å². The summed E-state index contributed by atoms with van der Waals surface area (Å²) in [5, 5.41) is 4.22. The van der Waals surface area contributed by atoms with Gasteiger partial charge < -0.3 is 0 Å². The molecule has 1 aromatic heterocycles. The van der Waals surface area contributed by atoms with Crippen LogP contribution >= 0.6 is 34.5 Å². The van der Waals surface area contributed by atoms with E-state index in [-0.39, 0.29) is 5.91 Å². The van der Waals surface area contributed by atoms with Crippen molar-refractivity contribution in [3.63, 3.8) is 0 Å². The van der Waals surface area contributed by atoms with Crippen molar-refractivity contribution >= 4 is 51.7 Å². The van der Waals surface area contributed by atoms with E-state index >= 15 is 0 Å². The molecular formula is C18H13Cl2N3OS. The molecule has 25 heavy (non-hydrogen) atoms. The highest BCUT2D eigenvalue weighted by molar-refractivity contribution is 7.14. The molecule has 3 aromatic rings. The highest BCUT2D eigenvalue weighted by Crippen LogP contribution is 2.33. The Morgan fingerprint density at radius 1 is 1.16 bits per heavy atom. The van der Waals surface area contributed by atoms with Crippen LogP contribution in [0.15, 0.2) is 60.0 Å². The van der Waals surface area contributed by atoms with Gasteiger partial charge in [0.1, 0.15) is 0 Å². The maximum atomic E-state index is 12.2. The molecule has 0 atom stereocenters. The van der Waals surface area contributed by atoms with Gasteiger partial charge in [0.15, 0.2) is 0 Å². The molecule has 0 aliphatic carbocycles. The minimum atomic E-state index is -0.369. The van der Waals surface area contributed by atoms with Crippen molar-refractivity contribution in [2.24, 2.45) is 5.84 Å². The van der Waals surface area contributed by atoms with Crippen molar-refractivity contribution < 1.29 is 4.79 Å². The molecule has 0 saturated carbocycles. The Balaban J connectivity index is 1.77. The van der Waals surface area contributed by atoms with Crippen molar-refractivity contribution in [1.82, 2.24) is 4.98 Å². The van der Waals surface area contributed by atoms with E-state index in [0.717, 1.165) is 16.1 Å². The molecule has 0 saturated heterocycles. The molecule has 1 heterocycles. The standard InChI is InChI=1S/C18H13Cl2N3OS/c19-13-7-8-14(15(20)10-13)16-11-25-18(22-16)23(21)17(24)9-6-12-4-2-1-3-5-12/h1-11H,21H2. The Morgan fingerprint density at radius 3 is 2.64 bits per heavy atom. The van der Waals surface area contributed by atoms with Crippen molar-refractivity contribution in [2.75, 3.05) is 5.01 Å². The summed E-state index contributed by atoms with van der Waals surface area (Å²) >= 11 is 13.4. The fourth-order valence-electron chi connectivity index (χ4n) is 2.10. The average molecular weight is 390 g/mol. The van der Waals surface area contributed by atoms with Gasteiger partial charge in [-0.05, 0) is 29.8 Å². The molecule has 0 unspecified atom stereocenters. The first-order valence-electron chi connectivity index (χ1n) is 7.27. The number of rotatable bonds is 4. The van der Waals surface area contributed by atoms with Crippen molar-refractivity contribution in [2.45, 2.75) is 0 Å². The molecule has 0 aliphatic heterocycles. The van der Waals surface area contributed by atoms with E-state index in [4.69, 9.17) is 29.0 Å². The number of hydrazine groups is 1. The van der Waals surface area contributed by atoms with E-state index in [2.05, 4.69) is 4.98 Å². The van der Waals surface area contributed by atoms with Crippen LogP contribution in [0.3, 0.4) is 0 Å². The number of benzene rings is 2. The molecule has 7 heteroatoms. The number of carbonyl (C=O) groups is 1. The summed E-state index contributed by atoms with van der Waals surface area (Å²) in [5.41, 5.74) is 2.28. The predicted molar refractivity (Wildman–Crippen MR) is 105 cm³/mol. The monoisotopic (exact) mass is 389 g/mol. The molecule has 3 rings (SSSR count). The van der Waals surface area contributed by atoms with E-state index in [9.17, 15) is 4.79 Å². The fourth-order valence-corrected chi connectivity index (χ4v) is 3.36. The van der Waals surface area contributed by atoms with Crippen LogP contribution < -0.4 is 10.9 Å². The van der Waals surface area contributed by atoms with Crippen LogP contribution in [-0.4, -0.2) is 10.9 Å². The van der Waals surface area contributed by atoms with E-state index in [1.807, 2.05) is 30.3 Å². The number of thiazole rings is 1. The highest BCUT2D eigenvalue weighted by Gasteiger charge is 2.15. The van der Waals surface area contributed by atoms with Gasteiger partial charge in [0.25, 0.3) is 5.91 Å². The number of amides is 1. The predicted octanol–water partition coefficient (Wildman–Crippen LogP) is 5.04. The maximum Gasteiger partial charge on any atom is 0.267 e. The van der Waals surface area contributed by atoms with E-state index in [0.29, 0.717) is 20.9 Å². The first-order chi connectivity index (χ1) is 12.0. The third-order valence-corrected chi connectivity index (χ3v) is 4.75.